The van der Waals surface area contributed by atoms with E-state index in [4.69, 9.17) is 27.9 Å². The fourth-order valence-corrected chi connectivity index (χ4v) is 2.03. The van der Waals surface area contributed by atoms with Gasteiger partial charge in [-0.1, -0.05) is 11.6 Å². The van der Waals surface area contributed by atoms with Crippen molar-refractivity contribution >= 4 is 34.6 Å². The van der Waals surface area contributed by atoms with Gasteiger partial charge in [0.05, 0.1) is 23.5 Å². The normalized spacial score (nSPS) is 10.0. The van der Waals surface area contributed by atoms with Gasteiger partial charge in [0.2, 0.25) is 0 Å². The number of hydrogen-bond donors (Lipinski definition) is 4. The average molecular weight is 307 g/mol. The monoisotopic (exact) mass is 306 g/mol. The Kier molecular flexibility index (Phi) is 4.52. The molecule has 0 atom stereocenters. The first kappa shape index (κ1) is 15.0. The Morgan fingerprint density at radius 1 is 1.24 bits per heavy atom. The van der Waals surface area contributed by atoms with Gasteiger partial charge in [0.15, 0.2) is 0 Å². The van der Waals surface area contributed by atoms with E-state index in [0.717, 1.165) is 0 Å². The van der Waals surface area contributed by atoms with E-state index in [1.165, 1.54) is 7.11 Å². The van der Waals surface area contributed by atoms with Gasteiger partial charge in [0.25, 0.3) is 5.91 Å². The van der Waals surface area contributed by atoms with Gasteiger partial charge in [-0.15, -0.1) is 0 Å². The van der Waals surface area contributed by atoms with E-state index < -0.39 is 0 Å². The van der Waals surface area contributed by atoms with Crippen LogP contribution in [0, 0.1) is 0 Å². The summed E-state index contributed by atoms with van der Waals surface area (Å²) < 4.78 is 5.05. The summed E-state index contributed by atoms with van der Waals surface area (Å²) in [5, 5.41) is 3.15. The van der Waals surface area contributed by atoms with Gasteiger partial charge in [-0.2, -0.15) is 0 Å². The standard InChI is InChI=1S/C14H15ClN4O2/c1-21-13-5-3-9(7-10(13)15)18-14(20)8-2-4-11(16)12(6-8)19-17/h2-7,19H,16-17H2,1H3,(H,18,20). The molecule has 0 unspecified atom stereocenters. The number of methoxy groups -OCH3 is 1. The van der Waals surface area contributed by atoms with Gasteiger partial charge in [-0.3, -0.25) is 10.6 Å². The number of carbonyl (C=O) groups excluding carboxylic acids is 1. The number of ether oxygens (including phenoxy) is 1. The summed E-state index contributed by atoms with van der Waals surface area (Å²) in [6.07, 6.45) is 0. The largest absolute Gasteiger partial charge is 0.495 e. The highest BCUT2D eigenvalue weighted by Crippen LogP contribution is 2.27. The highest BCUT2D eigenvalue weighted by atomic mass is 35.5. The Morgan fingerprint density at radius 3 is 2.62 bits per heavy atom. The fraction of sp³-hybridized carbons (Fsp3) is 0.0714. The van der Waals surface area contributed by atoms with Crippen LogP contribution in [0.25, 0.3) is 0 Å². The van der Waals surface area contributed by atoms with Crippen LogP contribution in [0.3, 0.4) is 0 Å². The zero-order chi connectivity index (χ0) is 15.4. The molecular weight excluding hydrogens is 292 g/mol. The molecule has 0 fully saturated rings. The first-order valence-electron chi connectivity index (χ1n) is 6.06. The van der Waals surface area contributed by atoms with E-state index in [1.54, 1.807) is 36.4 Å². The van der Waals surface area contributed by atoms with Gasteiger partial charge in [0.1, 0.15) is 5.75 Å². The molecule has 21 heavy (non-hydrogen) atoms. The first-order valence-corrected chi connectivity index (χ1v) is 6.44. The van der Waals surface area contributed by atoms with Gasteiger partial charge in [-0.25, -0.2) is 0 Å². The molecule has 110 valence electrons. The van der Waals surface area contributed by atoms with Crippen LogP contribution in [0.5, 0.6) is 5.75 Å². The lowest BCUT2D eigenvalue weighted by Gasteiger charge is -2.10. The number of rotatable bonds is 4. The SMILES string of the molecule is COc1ccc(NC(=O)c2ccc(N)c(NN)c2)cc1Cl. The Hall–Kier alpha value is -2.44. The maximum absolute atomic E-state index is 12.2. The third kappa shape index (κ3) is 3.36. The third-order valence-corrected chi connectivity index (χ3v) is 3.18. The van der Waals surface area contributed by atoms with Gasteiger partial charge < -0.3 is 21.2 Å². The number of anilines is 3. The molecule has 2 rings (SSSR count). The molecule has 0 saturated heterocycles. The van der Waals surface area contributed by atoms with E-state index in [1.807, 2.05) is 0 Å². The second-order valence-electron chi connectivity index (χ2n) is 4.25. The van der Waals surface area contributed by atoms with Crippen molar-refractivity contribution in [2.75, 3.05) is 23.6 Å². The Morgan fingerprint density at radius 2 is 2.00 bits per heavy atom. The van der Waals surface area contributed by atoms with Crippen molar-refractivity contribution in [2.45, 2.75) is 0 Å². The maximum atomic E-state index is 12.2. The van der Waals surface area contributed by atoms with Crippen molar-refractivity contribution in [1.29, 1.82) is 0 Å². The van der Waals surface area contributed by atoms with E-state index in [0.29, 0.717) is 33.4 Å². The third-order valence-electron chi connectivity index (χ3n) is 2.88. The van der Waals surface area contributed by atoms with Crippen LogP contribution in [0.2, 0.25) is 5.02 Å². The number of hydrogen-bond acceptors (Lipinski definition) is 5. The summed E-state index contributed by atoms with van der Waals surface area (Å²) in [7, 11) is 1.52. The van der Waals surface area contributed by atoms with Crippen LogP contribution in [0.15, 0.2) is 36.4 Å². The number of benzene rings is 2. The Labute approximate surface area is 127 Å². The average Bonchev–Trinajstić information content (AvgIpc) is 2.48. The van der Waals surface area contributed by atoms with Gasteiger partial charge in [0, 0.05) is 11.3 Å². The van der Waals surface area contributed by atoms with Crippen molar-refractivity contribution in [3.05, 3.63) is 47.0 Å². The topological polar surface area (TPSA) is 102 Å². The Balaban J connectivity index is 2.19. The van der Waals surface area contributed by atoms with E-state index in [9.17, 15) is 4.79 Å². The zero-order valence-electron chi connectivity index (χ0n) is 11.3. The molecule has 0 radical (unpaired) electrons. The minimum atomic E-state index is -0.298. The van der Waals surface area contributed by atoms with Crippen LogP contribution in [0.1, 0.15) is 10.4 Å². The smallest absolute Gasteiger partial charge is 0.255 e. The summed E-state index contributed by atoms with van der Waals surface area (Å²) in [6, 6.07) is 9.75. The predicted octanol–water partition coefficient (Wildman–Crippen LogP) is 2.47. The molecule has 1 amide bonds. The summed E-state index contributed by atoms with van der Waals surface area (Å²) in [4.78, 5) is 12.2. The minimum absolute atomic E-state index is 0.298. The molecule has 2 aromatic carbocycles. The molecule has 7 heteroatoms. The van der Waals surface area contributed by atoms with E-state index in [-0.39, 0.29) is 5.91 Å². The molecule has 6 nitrogen and oxygen atoms in total. The molecule has 6 N–H and O–H groups in total. The molecule has 0 spiro atoms. The summed E-state index contributed by atoms with van der Waals surface area (Å²) in [6.45, 7) is 0. The highest BCUT2D eigenvalue weighted by molar-refractivity contribution is 6.32. The van der Waals surface area contributed by atoms with Crippen LogP contribution in [-0.4, -0.2) is 13.0 Å². The minimum Gasteiger partial charge on any atom is -0.495 e. The van der Waals surface area contributed by atoms with Crippen molar-refractivity contribution in [2.24, 2.45) is 5.84 Å². The zero-order valence-corrected chi connectivity index (χ0v) is 12.1. The number of halogens is 1. The lowest BCUT2D eigenvalue weighted by molar-refractivity contribution is 0.102. The molecule has 0 aliphatic heterocycles. The van der Waals surface area contributed by atoms with E-state index >= 15 is 0 Å². The second kappa shape index (κ2) is 6.34. The molecule has 0 aromatic heterocycles. The molecule has 0 bridgehead atoms. The number of nitrogens with two attached hydrogens (primary N) is 2. The van der Waals surface area contributed by atoms with Crippen molar-refractivity contribution in [1.82, 2.24) is 0 Å². The molecule has 0 aliphatic rings. The summed E-state index contributed by atoms with van der Waals surface area (Å²) in [5.41, 5.74) is 10.1. The van der Waals surface area contributed by atoms with Crippen LogP contribution in [-0.2, 0) is 0 Å². The highest BCUT2D eigenvalue weighted by Gasteiger charge is 2.10. The Bertz CT molecular complexity index is 676. The van der Waals surface area contributed by atoms with Crippen molar-refractivity contribution < 1.29 is 9.53 Å². The summed E-state index contributed by atoms with van der Waals surface area (Å²) in [5.74, 6) is 5.57. The van der Waals surface area contributed by atoms with Crippen LogP contribution < -0.4 is 27.1 Å². The van der Waals surface area contributed by atoms with Crippen molar-refractivity contribution in [3.8, 4) is 5.75 Å². The lowest BCUT2D eigenvalue weighted by Crippen LogP contribution is -2.14. The number of hydrazine groups is 1. The van der Waals surface area contributed by atoms with Crippen molar-refractivity contribution in [3.63, 3.8) is 0 Å². The lowest BCUT2D eigenvalue weighted by atomic mass is 10.1. The molecule has 0 aliphatic carbocycles. The van der Waals surface area contributed by atoms with Crippen LogP contribution >= 0.6 is 11.6 Å². The maximum Gasteiger partial charge on any atom is 0.255 e. The predicted molar refractivity (Wildman–Crippen MR) is 84.6 cm³/mol. The summed E-state index contributed by atoms with van der Waals surface area (Å²) >= 11 is 6.01. The quantitative estimate of drug-likeness (QED) is 0.395. The van der Waals surface area contributed by atoms with Crippen LogP contribution in [0.4, 0.5) is 17.1 Å². The number of amides is 1. The molecule has 0 saturated carbocycles. The molecule has 0 heterocycles. The molecule has 2 aromatic rings. The van der Waals surface area contributed by atoms with E-state index in [2.05, 4.69) is 10.7 Å². The van der Waals surface area contributed by atoms with Gasteiger partial charge in [-0.05, 0) is 36.4 Å². The first-order chi connectivity index (χ1) is 10.0. The number of carbonyl (C=O) groups is 1. The number of nitrogens with one attached hydrogen (secondary N) is 2. The fourth-order valence-electron chi connectivity index (χ4n) is 1.77. The van der Waals surface area contributed by atoms with Gasteiger partial charge >= 0.3 is 0 Å². The second-order valence-corrected chi connectivity index (χ2v) is 4.66. The number of nitrogen functional groups attached to an aromatic ring is 2. The molecular formula is C14H15ClN4O2.